The van der Waals surface area contributed by atoms with Crippen LogP contribution in [0, 0.1) is 11.3 Å². The van der Waals surface area contributed by atoms with E-state index in [0.717, 1.165) is 10.0 Å². The SMILES string of the molecule is COc1ccc(NC(=O)/C(C#N)=C/c2cc(Br)cc(Br)c2OCc2ccc(C(=O)O)cc2)cc1. The molecule has 0 spiro atoms. The van der Waals surface area contributed by atoms with Gasteiger partial charge in [0.1, 0.15) is 29.7 Å². The van der Waals surface area contributed by atoms with Crippen LogP contribution >= 0.6 is 31.9 Å². The van der Waals surface area contributed by atoms with Gasteiger partial charge >= 0.3 is 5.97 Å². The Morgan fingerprint density at radius 2 is 1.76 bits per heavy atom. The van der Waals surface area contributed by atoms with Gasteiger partial charge in [0, 0.05) is 15.7 Å². The molecule has 0 saturated carbocycles. The van der Waals surface area contributed by atoms with Crippen LogP contribution in [0.1, 0.15) is 21.5 Å². The van der Waals surface area contributed by atoms with Crippen molar-refractivity contribution in [1.82, 2.24) is 0 Å². The Kier molecular flexibility index (Phi) is 8.46. The quantitative estimate of drug-likeness (QED) is 0.246. The minimum atomic E-state index is -1.01. The lowest BCUT2D eigenvalue weighted by atomic mass is 10.1. The number of carbonyl (C=O) groups excluding carboxylic acids is 1. The Balaban J connectivity index is 1.84. The number of carboxylic acids is 1. The van der Waals surface area contributed by atoms with Gasteiger partial charge in [0.2, 0.25) is 0 Å². The second-order valence-electron chi connectivity index (χ2n) is 6.95. The summed E-state index contributed by atoms with van der Waals surface area (Å²) in [5, 5.41) is 21.3. The number of nitrogens with zero attached hydrogens (tertiary/aromatic N) is 1. The van der Waals surface area contributed by atoms with E-state index in [2.05, 4.69) is 37.2 Å². The number of halogens is 2. The Hall–Kier alpha value is -3.61. The van der Waals surface area contributed by atoms with E-state index in [-0.39, 0.29) is 17.7 Å². The van der Waals surface area contributed by atoms with Gasteiger partial charge < -0.3 is 19.9 Å². The van der Waals surface area contributed by atoms with Gasteiger partial charge in [-0.1, -0.05) is 28.1 Å². The molecule has 0 aromatic heterocycles. The molecule has 0 saturated heterocycles. The number of hydrogen-bond acceptors (Lipinski definition) is 5. The number of nitriles is 1. The average Bonchev–Trinajstić information content (AvgIpc) is 2.82. The number of anilines is 1. The number of benzene rings is 3. The zero-order chi connectivity index (χ0) is 24.7. The van der Waals surface area contributed by atoms with E-state index in [1.54, 1.807) is 55.6 Å². The Labute approximate surface area is 212 Å². The third-order valence-electron chi connectivity index (χ3n) is 4.63. The minimum absolute atomic E-state index is 0.114. The molecule has 9 heteroatoms. The summed E-state index contributed by atoms with van der Waals surface area (Å²) in [4.78, 5) is 23.7. The molecule has 34 heavy (non-hydrogen) atoms. The number of ether oxygens (including phenoxy) is 2. The number of methoxy groups -OCH3 is 1. The molecule has 0 unspecified atom stereocenters. The fourth-order valence-corrected chi connectivity index (χ4v) is 4.29. The summed E-state index contributed by atoms with van der Waals surface area (Å²) in [6.07, 6.45) is 1.44. The molecule has 2 N–H and O–H groups in total. The molecule has 0 aliphatic heterocycles. The van der Waals surface area contributed by atoms with Crippen LogP contribution in [0.5, 0.6) is 11.5 Å². The van der Waals surface area contributed by atoms with E-state index in [1.807, 2.05) is 6.07 Å². The van der Waals surface area contributed by atoms with Crippen molar-refractivity contribution in [2.75, 3.05) is 12.4 Å². The summed E-state index contributed by atoms with van der Waals surface area (Å²) >= 11 is 6.88. The highest BCUT2D eigenvalue weighted by Crippen LogP contribution is 2.35. The predicted octanol–water partition coefficient (Wildman–Crippen LogP) is 6.04. The first-order valence-electron chi connectivity index (χ1n) is 9.82. The third kappa shape index (κ3) is 6.47. The minimum Gasteiger partial charge on any atom is -0.497 e. The molecule has 0 bridgehead atoms. The molecule has 172 valence electrons. The van der Waals surface area contributed by atoms with Crippen molar-refractivity contribution in [3.8, 4) is 17.6 Å². The highest BCUT2D eigenvalue weighted by atomic mass is 79.9. The van der Waals surface area contributed by atoms with Crippen molar-refractivity contribution in [1.29, 1.82) is 5.26 Å². The van der Waals surface area contributed by atoms with Crippen molar-refractivity contribution in [2.45, 2.75) is 6.61 Å². The zero-order valence-corrected chi connectivity index (χ0v) is 21.0. The number of aromatic carboxylic acids is 1. The molecule has 3 aromatic carbocycles. The van der Waals surface area contributed by atoms with Crippen molar-refractivity contribution in [3.05, 3.63) is 91.9 Å². The average molecular weight is 586 g/mol. The van der Waals surface area contributed by atoms with Crippen molar-refractivity contribution in [3.63, 3.8) is 0 Å². The summed E-state index contributed by atoms with van der Waals surface area (Å²) in [6.45, 7) is 0.154. The Bertz CT molecular complexity index is 1280. The molecule has 0 fully saturated rings. The first-order chi connectivity index (χ1) is 16.3. The fourth-order valence-electron chi connectivity index (χ4n) is 2.92. The van der Waals surface area contributed by atoms with Crippen LogP contribution in [0.3, 0.4) is 0 Å². The van der Waals surface area contributed by atoms with Crippen molar-refractivity contribution in [2.24, 2.45) is 0 Å². The van der Waals surface area contributed by atoms with Gasteiger partial charge in [0.05, 0.1) is 17.1 Å². The van der Waals surface area contributed by atoms with Crippen molar-refractivity contribution >= 4 is 55.5 Å². The van der Waals surface area contributed by atoms with Crippen LogP contribution in [0.4, 0.5) is 5.69 Å². The molecule has 3 aromatic rings. The highest BCUT2D eigenvalue weighted by Gasteiger charge is 2.15. The number of hydrogen-bond donors (Lipinski definition) is 2. The first-order valence-corrected chi connectivity index (χ1v) is 11.4. The second kappa shape index (κ2) is 11.5. The maximum absolute atomic E-state index is 12.7. The lowest BCUT2D eigenvalue weighted by Crippen LogP contribution is -2.13. The maximum Gasteiger partial charge on any atom is 0.335 e. The summed E-state index contributed by atoms with van der Waals surface area (Å²) in [6, 6.07) is 18.5. The summed E-state index contributed by atoms with van der Waals surface area (Å²) < 4.78 is 12.4. The van der Waals surface area contributed by atoms with Gasteiger partial charge in [-0.3, -0.25) is 4.79 Å². The van der Waals surface area contributed by atoms with Gasteiger partial charge in [-0.15, -0.1) is 0 Å². The second-order valence-corrected chi connectivity index (χ2v) is 8.72. The van der Waals surface area contributed by atoms with Crippen LogP contribution in [0.15, 0.2) is 75.2 Å². The summed E-state index contributed by atoms with van der Waals surface area (Å²) in [5.41, 5.74) is 1.84. The largest absolute Gasteiger partial charge is 0.497 e. The number of carboxylic acid groups (broad SMARTS) is 1. The molecular formula is C25H18Br2N2O5. The fraction of sp³-hybridized carbons (Fsp3) is 0.0800. The van der Waals surface area contributed by atoms with Crippen LogP contribution in [-0.4, -0.2) is 24.1 Å². The lowest BCUT2D eigenvalue weighted by molar-refractivity contribution is -0.112. The third-order valence-corrected chi connectivity index (χ3v) is 5.68. The van der Waals surface area contributed by atoms with Crippen LogP contribution in [-0.2, 0) is 11.4 Å². The van der Waals surface area contributed by atoms with Crippen LogP contribution in [0.2, 0.25) is 0 Å². The molecule has 0 atom stereocenters. The number of rotatable bonds is 8. The number of carbonyl (C=O) groups is 2. The van der Waals surface area contributed by atoms with Gasteiger partial charge in [-0.2, -0.15) is 5.26 Å². The Morgan fingerprint density at radius 3 is 2.35 bits per heavy atom. The van der Waals surface area contributed by atoms with Gasteiger partial charge in [-0.25, -0.2) is 4.79 Å². The van der Waals surface area contributed by atoms with Crippen LogP contribution in [0.25, 0.3) is 6.08 Å². The van der Waals surface area contributed by atoms with E-state index in [0.29, 0.717) is 27.2 Å². The number of amides is 1. The summed E-state index contributed by atoms with van der Waals surface area (Å²) in [7, 11) is 1.55. The normalized spacial score (nSPS) is 10.8. The molecule has 1 amide bonds. The monoisotopic (exact) mass is 584 g/mol. The topological polar surface area (TPSA) is 109 Å². The predicted molar refractivity (Wildman–Crippen MR) is 135 cm³/mol. The van der Waals surface area contributed by atoms with Gasteiger partial charge in [0.25, 0.3) is 5.91 Å². The lowest BCUT2D eigenvalue weighted by Gasteiger charge is -2.13. The van der Waals surface area contributed by atoms with E-state index >= 15 is 0 Å². The van der Waals surface area contributed by atoms with E-state index in [1.165, 1.54) is 18.2 Å². The van der Waals surface area contributed by atoms with Gasteiger partial charge in [-0.05, 0) is 76.1 Å². The molecule has 3 rings (SSSR count). The zero-order valence-electron chi connectivity index (χ0n) is 17.8. The molecule has 0 aliphatic carbocycles. The first kappa shape index (κ1) is 25.0. The molecule has 0 aliphatic rings. The standard InChI is InChI=1S/C25H18Br2N2O5/c1-33-21-8-6-20(7-9-21)29-24(30)18(13-28)10-17-11-19(26)12-22(27)23(17)34-14-15-2-4-16(5-3-15)25(31)32/h2-12H,14H2,1H3,(H,29,30)(H,31,32)/b18-10+. The van der Waals surface area contributed by atoms with E-state index in [9.17, 15) is 14.9 Å². The molecule has 7 nitrogen and oxygen atoms in total. The maximum atomic E-state index is 12.7. The number of nitrogens with one attached hydrogen (secondary N) is 1. The smallest absolute Gasteiger partial charge is 0.335 e. The van der Waals surface area contributed by atoms with E-state index in [4.69, 9.17) is 14.6 Å². The van der Waals surface area contributed by atoms with Gasteiger partial charge in [0.15, 0.2) is 0 Å². The van der Waals surface area contributed by atoms with Crippen molar-refractivity contribution < 1.29 is 24.2 Å². The van der Waals surface area contributed by atoms with Crippen LogP contribution < -0.4 is 14.8 Å². The molecular weight excluding hydrogens is 568 g/mol. The summed E-state index contributed by atoms with van der Waals surface area (Å²) in [5.74, 6) is -0.505. The molecule has 0 radical (unpaired) electrons. The Morgan fingerprint density at radius 1 is 1.09 bits per heavy atom. The van der Waals surface area contributed by atoms with E-state index < -0.39 is 11.9 Å². The molecule has 0 heterocycles. The highest BCUT2D eigenvalue weighted by molar-refractivity contribution is 9.11.